The van der Waals surface area contributed by atoms with Gasteiger partial charge in [0.2, 0.25) is 0 Å². The van der Waals surface area contributed by atoms with Crippen LogP contribution in [0.3, 0.4) is 0 Å². The molecular weight excluding hydrogens is 276 g/mol. The average Bonchev–Trinajstić information content (AvgIpc) is 3.40. The first-order chi connectivity index (χ1) is 10.9. The van der Waals surface area contributed by atoms with E-state index in [-0.39, 0.29) is 0 Å². The predicted molar refractivity (Wildman–Crippen MR) is 89.2 cm³/mol. The number of hydrogen-bond acceptors (Lipinski definition) is 4. The number of nitrogens with zero attached hydrogens (tertiary/aromatic N) is 1. The maximum Gasteiger partial charge on any atom is 0.126 e. The Morgan fingerprint density at radius 1 is 1.36 bits per heavy atom. The van der Waals surface area contributed by atoms with Gasteiger partial charge in [-0.25, -0.2) is 0 Å². The topological polar surface area (TPSA) is 33.7 Å². The van der Waals surface area contributed by atoms with Crippen LogP contribution in [-0.4, -0.2) is 56.9 Å². The van der Waals surface area contributed by atoms with Crippen LogP contribution >= 0.6 is 0 Å². The monoisotopic (exact) mass is 302 g/mol. The zero-order valence-corrected chi connectivity index (χ0v) is 13.3. The molecule has 1 aromatic carbocycles. The fraction of sp³-hybridized carbons (Fsp3) is 0.556. The van der Waals surface area contributed by atoms with Gasteiger partial charge in [-0.15, -0.1) is 0 Å². The van der Waals surface area contributed by atoms with Gasteiger partial charge in [0.25, 0.3) is 0 Å². The third kappa shape index (κ3) is 4.32. The van der Waals surface area contributed by atoms with Crippen molar-refractivity contribution in [1.82, 2.24) is 10.2 Å². The number of morpholine rings is 1. The highest BCUT2D eigenvalue weighted by Gasteiger charge is 2.32. The Balaban J connectivity index is 1.38. The summed E-state index contributed by atoms with van der Waals surface area (Å²) in [6.45, 7) is 4.82. The molecule has 1 unspecified atom stereocenters. The molecule has 4 heteroatoms. The highest BCUT2D eigenvalue weighted by molar-refractivity contribution is 5.57. The van der Waals surface area contributed by atoms with Crippen LogP contribution < -0.4 is 10.1 Å². The normalized spacial score (nSPS) is 23.0. The zero-order valence-electron chi connectivity index (χ0n) is 13.3. The minimum Gasteiger partial charge on any atom is -0.496 e. The Morgan fingerprint density at radius 2 is 2.23 bits per heavy atom. The number of hydrogen-bond donors (Lipinski definition) is 1. The van der Waals surface area contributed by atoms with Crippen molar-refractivity contribution in [1.29, 1.82) is 0 Å². The Morgan fingerprint density at radius 3 is 3.05 bits per heavy atom. The van der Waals surface area contributed by atoms with Crippen LogP contribution in [0.4, 0.5) is 0 Å². The summed E-state index contributed by atoms with van der Waals surface area (Å²) < 4.78 is 11.2. The van der Waals surface area contributed by atoms with Crippen LogP contribution in [0.1, 0.15) is 18.4 Å². The SMILES string of the molecule is COc1ccccc1/C=C/CNCC1CN(C2CC2)CCO1. The minimum atomic E-state index is 0.328. The van der Waals surface area contributed by atoms with Crippen molar-refractivity contribution in [2.45, 2.75) is 25.0 Å². The van der Waals surface area contributed by atoms with Crippen molar-refractivity contribution in [3.8, 4) is 5.75 Å². The van der Waals surface area contributed by atoms with Gasteiger partial charge < -0.3 is 14.8 Å². The van der Waals surface area contributed by atoms with Gasteiger partial charge in [0.05, 0.1) is 19.8 Å². The minimum absolute atomic E-state index is 0.328. The molecule has 0 aromatic heterocycles. The lowest BCUT2D eigenvalue weighted by molar-refractivity contribution is -0.0296. The van der Waals surface area contributed by atoms with Crippen molar-refractivity contribution in [3.63, 3.8) is 0 Å². The maximum atomic E-state index is 5.84. The molecule has 1 saturated carbocycles. The Kier molecular flexibility index (Phi) is 5.48. The van der Waals surface area contributed by atoms with Crippen LogP contribution in [-0.2, 0) is 4.74 Å². The van der Waals surface area contributed by atoms with E-state index in [1.54, 1.807) is 7.11 Å². The molecule has 1 aliphatic heterocycles. The number of ether oxygens (including phenoxy) is 2. The molecule has 2 aliphatic rings. The molecule has 1 atom stereocenters. The predicted octanol–water partition coefficient (Wildman–Crippen LogP) is 2.16. The number of rotatable bonds is 7. The molecule has 1 saturated heterocycles. The van der Waals surface area contributed by atoms with Gasteiger partial charge in [-0.05, 0) is 18.9 Å². The summed E-state index contributed by atoms with van der Waals surface area (Å²) in [5.74, 6) is 0.912. The number of para-hydroxylation sites is 1. The molecule has 4 nitrogen and oxygen atoms in total. The summed E-state index contributed by atoms with van der Waals surface area (Å²) in [6.07, 6.45) is 7.32. The fourth-order valence-corrected chi connectivity index (χ4v) is 2.95. The van der Waals surface area contributed by atoms with Crippen molar-refractivity contribution in [3.05, 3.63) is 35.9 Å². The second kappa shape index (κ2) is 7.77. The van der Waals surface area contributed by atoms with Crippen LogP contribution in [0.15, 0.2) is 30.3 Å². The molecule has 1 heterocycles. The summed E-state index contributed by atoms with van der Waals surface area (Å²) in [5, 5.41) is 3.46. The van der Waals surface area contributed by atoms with Gasteiger partial charge in [-0.2, -0.15) is 0 Å². The van der Waals surface area contributed by atoms with E-state index in [0.717, 1.165) is 50.1 Å². The molecule has 1 aliphatic carbocycles. The van der Waals surface area contributed by atoms with Crippen LogP contribution in [0, 0.1) is 0 Å². The van der Waals surface area contributed by atoms with Crippen LogP contribution in [0.5, 0.6) is 5.75 Å². The Hall–Kier alpha value is -1.36. The largest absolute Gasteiger partial charge is 0.496 e. The van der Waals surface area contributed by atoms with Crippen molar-refractivity contribution in [2.24, 2.45) is 0 Å². The molecule has 22 heavy (non-hydrogen) atoms. The first kappa shape index (κ1) is 15.5. The number of methoxy groups -OCH3 is 1. The number of benzene rings is 1. The lowest BCUT2D eigenvalue weighted by Gasteiger charge is -2.33. The molecular formula is C18H26N2O2. The van der Waals surface area contributed by atoms with Gasteiger partial charge in [-0.1, -0.05) is 30.4 Å². The Labute approximate surface area is 133 Å². The van der Waals surface area contributed by atoms with E-state index in [1.807, 2.05) is 18.2 Å². The fourth-order valence-electron chi connectivity index (χ4n) is 2.95. The lowest BCUT2D eigenvalue weighted by Crippen LogP contribution is -2.47. The summed E-state index contributed by atoms with van der Waals surface area (Å²) in [4.78, 5) is 2.58. The summed E-state index contributed by atoms with van der Waals surface area (Å²) in [7, 11) is 1.71. The highest BCUT2D eigenvalue weighted by atomic mass is 16.5. The van der Waals surface area contributed by atoms with Gasteiger partial charge in [-0.3, -0.25) is 4.90 Å². The third-order valence-electron chi connectivity index (χ3n) is 4.30. The zero-order chi connectivity index (χ0) is 15.2. The van der Waals surface area contributed by atoms with Gasteiger partial charge in [0.1, 0.15) is 5.75 Å². The van der Waals surface area contributed by atoms with Gasteiger partial charge >= 0.3 is 0 Å². The summed E-state index contributed by atoms with van der Waals surface area (Å²) in [6, 6.07) is 8.90. The quantitative estimate of drug-likeness (QED) is 0.783. The first-order valence-corrected chi connectivity index (χ1v) is 8.23. The molecule has 1 aromatic rings. The maximum absolute atomic E-state index is 5.84. The molecule has 3 rings (SSSR count). The van der Waals surface area contributed by atoms with E-state index in [2.05, 4.69) is 28.4 Å². The molecule has 0 radical (unpaired) electrons. The Bertz CT molecular complexity index is 500. The third-order valence-corrected chi connectivity index (χ3v) is 4.30. The molecule has 0 spiro atoms. The molecule has 1 N–H and O–H groups in total. The second-order valence-electron chi connectivity index (χ2n) is 6.02. The number of nitrogens with one attached hydrogen (secondary N) is 1. The second-order valence-corrected chi connectivity index (χ2v) is 6.02. The highest BCUT2D eigenvalue weighted by Crippen LogP contribution is 2.28. The molecule has 2 fully saturated rings. The summed E-state index contributed by atoms with van der Waals surface area (Å²) >= 11 is 0. The summed E-state index contributed by atoms with van der Waals surface area (Å²) in [5.41, 5.74) is 1.11. The van der Waals surface area contributed by atoms with E-state index < -0.39 is 0 Å². The van der Waals surface area contributed by atoms with E-state index >= 15 is 0 Å². The first-order valence-electron chi connectivity index (χ1n) is 8.23. The van der Waals surface area contributed by atoms with Crippen molar-refractivity contribution >= 4 is 6.08 Å². The molecule has 120 valence electrons. The van der Waals surface area contributed by atoms with Crippen LogP contribution in [0.2, 0.25) is 0 Å². The van der Waals surface area contributed by atoms with Gasteiger partial charge in [0.15, 0.2) is 0 Å². The molecule has 0 amide bonds. The van der Waals surface area contributed by atoms with E-state index in [1.165, 1.54) is 12.8 Å². The van der Waals surface area contributed by atoms with Gasteiger partial charge in [0, 0.05) is 37.8 Å². The van der Waals surface area contributed by atoms with E-state index in [4.69, 9.17) is 9.47 Å². The van der Waals surface area contributed by atoms with E-state index in [0.29, 0.717) is 6.10 Å². The van der Waals surface area contributed by atoms with Crippen LogP contribution in [0.25, 0.3) is 6.08 Å². The average molecular weight is 302 g/mol. The molecule has 0 bridgehead atoms. The van der Waals surface area contributed by atoms with E-state index in [9.17, 15) is 0 Å². The van der Waals surface area contributed by atoms with Crippen molar-refractivity contribution < 1.29 is 9.47 Å². The lowest BCUT2D eigenvalue weighted by atomic mass is 10.2. The standard InChI is InChI=1S/C18H26N2O2/c1-21-18-7-3-2-5-15(18)6-4-10-19-13-17-14-20(11-12-22-17)16-8-9-16/h2-7,16-17,19H,8-14H2,1H3/b6-4+. The van der Waals surface area contributed by atoms with Crippen molar-refractivity contribution in [2.75, 3.05) is 39.9 Å². The smallest absolute Gasteiger partial charge is 0.126 e.